The molecule has 0 aliphatic heterocycles. The molecule has 1 nitrogen and oxygen atoms in total. The van der Waals surface area contributed by atoms with E-state index in [-0.39, 0.29) is 0 Å². The van der Waals surface area contributed by atoms with Crippen LogP contribution in [0, 0.1) is 0 Å². The zero-order chi connectivity index (χ0) is 8.10. The van der Waals surface area contributed by atoms with Gasteiger partial charge < -0.3 is 4.74 Å². The summed E-state index contributed by atoms with van der Waals surface area (Å²) in [6.07, 6.45) is 0.888. The summed E-state index contributed by atoms with van der Waals surface area (Å²) in [6.45, 7) is 0. The summed E-state index contributed by atoms with van der Waals surface area (Å²) in [5.41, 5.74) is 1.19. The zero-order valence-electron chi connectivity index (χ0n) is 6.28. The van der Waals surface area contributed by atoms with Crippen molar-refractivity contribution in [2.24, 2.45) is 0 Å². The quantitative estimate of drug-likeness (QED) is 0.668. The van der Waals surface area contributed by atoms with Gasteiger partial charge in [-0.05, 0) is 13.4 Å². The number of hydrogen-bond acceptors (Lipinski definition) is 2. The Hall–Kier alpha value is -0.460. The maximum absolute atomic E-state index is 5.15. The molecule has 0 saturated heterocycles. The van der Waals surface area contributed by atoms with Crippen molar-refractivity contribution in [1.29, 1.82) is 0 Å². The highest BCUT2D eigenvalue weighted by atomic mass is 32.4. The molecular weight excluding hydrogens is 175 g/mol. The van der Waals surface area contributed by atoms with Crippen molar-refractivity contribution in [2.45, 2.75) is 6.16 Å². The van der Waals surface area contributed by atoms with Crippen molar-refractivity contribution >= 4 is 19.2 Å². The molecule has 0 heterocycles. The number of hydrogen-bond donors (Lipinski definition) is 0. The zero-order valence-corrected chi connectivity index (χ0v) is 7.99. The van der Waals surface area contributed by atoms with Gasteiger partial charge in [0.1, 0.15) is 5.75 Å². The van der Waals surface area contributed by atoms with E-state index in [1.807, 2.05) is 24.3 Å². The van der Waals surface area contributed by atoms with Crippen LogP contribution in [0.25, 0.3) is 0 Å². The summed E-state index contributed by atoms with van der Waals surface area (Å²) >= 11 is 4.86. The Balaban J connectivity index is 2.92. The molecule has 0 saturated carbocycles. The molecular formula is C8H9OPS. The van der Waals surface area contributed by atoms with Crippen LogP contribution in [0.5, 0.6) is 5.75 Å². The van der Waals surface area contributed by atoms with Crippen LogP contribution in [0.1, 0.15) is 5.56 Å². The van der Waals surface area contributed by atoms with Crippen molar-refractivity contribution in [2.75, 3.05) is 7.11 Å². The van der Waals surface area contributed by atoms with Gasteiger partial charge in [0.05, 0.1) is 7.11 Å². The van der Waals surface area contributed by atoms with Gasteiger partial charge in [-0.1, -0.05) is 30.0 Å². The predicted octanol–water partition coefficient (Wildman–Crippen LogP) is 2.60. The third kappa shape index (κ3) is 2.25. The minimum absolute atomic E-state index is 0.888. The maximum Gasteiger partial charge on any atom is 0.122 e. The summed E-state index contributed by atoms with van der Waals surface area (Å²) in [5, 5.41) is 0. The van der Waals surface area contributed by atoms with E-state index in [2.05, 4.69) is 0 Å². The second kappa shape index (κ2) is 4.42. The third-order valence-electron chi connectivity index (χ3n) is 1.43. The molecule has 3 heteroatoms. The Morgan fingerprint density at radius 2 is 2.18 bits per heavy atom. The molecule has 0 atom stereocenters. The molecule has 1 aromatic rings. The van der Waals surface area contributed by atoms with Crippen LogP contribution in [-0.2, 0) is 18.0 Å². The minimum atomic E-state index is 0.888. The SMILES string of the molecule is COc1ccccc1CP=S. The molecule has 0 bridgehead atoms. The average Bonchev–Trinajstić information content (AvgIpc) is 2.06. The molecule has 0 spiro atoms. The monoisotopic (exact) mass is 184 g/mol. The van der Waals surface area contributed by atoms with Gasteiger partial charge in [-0.3, -0.25) is 0 Å². The Morgan fingerprint density at radius 1 is 1.45 bits per heavy atom. The molecule has 0 aliphatic rings. The van der Waals surface area contributed by atoms with Crippen molar-refractivity contribution in [3.8, 4) is 5.75 Å². The van der Waals surface area contributed by atoms with Crippen molar-refractivity contribution in [1.82, 2.24) is 0 Å². The molecule has 0 radical (unpaired) electrons. The predicted molar refractivity (Wildman–Crippen MR) is 51.0 cm³/mol. The van der Waals surface area contributed by atoms with Crippen LogP contribution in [-0.4, -0.2) is 7.11 Å². The third-order valence-corrected chi connectivity index (χ3v) is 2.28. The van der Waals surface area contributed by atoms with Crippen LogP contribution in [0.15, 0.2) is 24.3 Å². The molecule has 0 N–H and O–H groups in total. The highest BCUT2D eigenvalue weighted by Gasteiger charge is 1.97. The van der Waals surface area contributed by atoms with Gasteiger partial charge in [0.15, 0.2) is 0 Å². The van der Waals surface area contributed by atoms with E-state index >= 15 is 0 Å². The number of rotatable bonds is 3. The molecule has 11 heavy (non-hydrogen) atoms. The van der Waals surface area contributed by atoms with Gasteiger partial charge in [0.25, 0.3) is 0 Å². The smallest absolute Gasteiger partial charge is 0.122 e. The minimum Gasteiger partial charge on any atom is -0.496 e. The van der Waals surface area contributed by atoms with Gasteiger partial charge in [0.2, 0.25) is 0 Å². The summed E-state index contributed by atoms with van der Waals surface area (Å²) < 4.78 is 5.15. The highest BCUT2D eigenvalue weighted by molar-refractivity contribution is 7.96. The number of benzene rings is 1. The first-order chi connectivity index (χ1) is 5.38. The first-order valence-corrected chi connectivity index (χ1v) is 5.39. The highest BCUT2D eigenvalue weighted by Crippen LogP contribution is 2.21. The first kappa shape index (κ1) is 8.63. The second-order valence-corrected chi connectivity index (χ2v) is 3.45. The molecule has 1 rings (SSSR count). The topological polar surface area (TPSA) is 9.23 Å². The van der Waals surface area contributed by atoms with Gasteiger partial charge in [-0.15, -0.1) is 0 Å². The van der Waals surface area contributed by atoms with Gasteiger partial charge in [-0.2, -0.15) is 0 Å². The summed E-state index contributed by atoms with van der Waals surface area (Å²) in [6, 6.07) is 7.95. The fourth-order valence-electron chi connectivity index (χ4n) is 0.903. The summed E-state index contributed by atoms with van der Waals surface area (Å²) in [7, 11) is 2.64. The number of ether oxygens (including phenoxy) is 1. The Labute approximate surface area is 73.2 Å². The Kier molecular flexibility index (Phi) is 3.47. The lowest BCUT2D eigenvalue weighted by Crippen LogP contribution is -1.87. The fourth-order valence-corrected chi connectivity index (χ4v) is 1.72. The lowest BCUT2D eigenvalue weighted by Gasteiger charge is -2.03. The second-order valence-electron chi connectivity index (χ2n) is 2.10. The summed E-state index contributed by atoms with van der Waals surface area (Å²) in [5.74, 6) is 0.935. The van der Waals surface area contributed by atoms with E-state index < -0.39 is 0 Å². The lowest BCUT2D eigenvalue weighted by molar-refractivity contribution is 0.411. The number of methoxy groups -OCH3 is 1. The van der Waals surface area contributed by atoms with E-state index in [9.17, 15) is 0 Å². The Bertz CT molecular complexity index is 250. The average molecular weight is 184 g/mol. The van der Waals surface area contributed by atoms with Gasteiger partial charge >= 0.3 is 0 Å². The normalized spacial score (nSPS) is 9.91. The van der Waals surface area contributed by atoms with Gasteiger partial charge in [-0.25, -0.2) is 0 Å². The molecule has 0 aliphatic carbocycles. The van der Waals surface area contributed by atoms with Gasteiger partial charge in [0, 0.05) is 11.7 Å². The molecule has 0 fully saturated rings. The largest absolute Gasteiger partial charge is 0.496 e. The van der Waals surface area contributed by atoms with Crippen molar-refractivity contribution in [3.05, 3.63) is 29.8 Å². The molecule has 0 unspecified atom stereocenters. The summed E-state index contributed by atoms with van der Waals surface area (Å²) in [4.78, 5) is 0. The van der Waals surface area contributed by atoms with Crippen LogP contribution < -0.4 is 4.74 Å². The van der Waals surface area contributed by atoms with Crippen LogP contribution >= 0.6 is 7.36 Å². The molecule has 1 aromatic carbocycles. The Morgan fingerprint density at radius 3 is 2.82 bits per heavy atom. The van der Waals surface area contributed by atoms with Crippen LogP contribution in [0.2, 0.25) is 0 Å². The maximum atomic E-state index is 5.15. The fraction of sp³-hybridized carbons (Fsp3) is 0.250. The van der Waals surface area contributed by atoms with Crippen LogP contribution in [0.3, 0.4) is 0 Å². The lowest BCUT2D eigenvalue weighted by atomic mass is 10.2. The number of para-hydroxylation sites is 1. The van der Waals surface area contributed by atoms with E-state index in [1.54, 1.807) is 7.11 Å². The standard InChI is InChI=1S/C8H9OPS/c1-9-8-5-3-2-4-7(8)6-10-11/h2-5H,6H2,1H3. The molecule has 0 amide bonds. The van der Waals surface area contributed by atoms with Crippen molar-refractivity contribution < 1.29 is 4.74 Å². The molecule has 58 valence electrons. The van der Waals surface area contributed by atoms with E-state index in [0.717, 1.165) is 19.3 Å². The van der Waals surface area contributed by atoms with E-state index in [4.69, 9.17) is 16.5 Å². The van der Waals surface area contributed by atoms with Crippen molar-refractivity contribution in [3.63, 3.8) is 0 Å². The first-order valence-electron chi connectivity index (χ1n) is 3.29. The molecule has 0 aromatic heterocycles. The van der Waals surface area contributed by atoms with E-state index in [0.29, 0.717) is 0 Å². The van der Waals surface area contributed by atoms with E-state index in [1.165, 1.54) is 5.56 Å². The van der Waals surface area contributed by atoms with Crippen LogP contribution in [0.4, 0.5) is 0 Å².